The molecule has 1 N–H and O–H groups in total. The van der Waals surface area contributed by atoms with Crippen LogP contribution in [0, 0.1) is 6.92 Å². The third kappa shape index (κ3) is 3.69. The maximum atomic E-state index is 4.76. The highest BCUT2D eigenvalue weighted by atomic mass is 15.3. The van der Waals surface area contributed by atoms with Crippen molar-refractivity contribution in [3.63, 3.8) is 0 Å². The number of rotatable bonds is 6. The summed E-state index contributed by atoms with van der Waals surface area (Å²) in [5.74, 6) is 1.70. The maximum absolute atomic E-state index is 4.76. The molecule has 0 fully saturated rings. The topological polar surface area (TPSA) is 41.1 Å². The van der Waals surface area contributed by atoms with Crippen LogP contribution in [-0.2, 0) is 12.8 Å². The van der Waals surface area contributed by atoms with Crippen LogP contribution < -0.4 is 10.2 Å². The van der Waals surface area contributed by atoms with Crippen LogP contribution in [0.1, 0.15) is 23.2 Å². The minimum Gasteiger partial charge on any atom is -0.370 e. The van der Waals surface area contributed by atoms with Gasteiger partial charge in [-0.1, -0.05) is 48.5 Å². The van der Waals surface area contributed by atoms with Crippen LogP contribution in [0.25, 0.3) is 0 Å². The zero-order chi connectivity index (χ0) is 17.8. The smallest absolute Gasteiger partial charge is 0.232 e. The van der Waals surface area contributed by atoms with E-state index in [4.69, 9.17) is 4.98 Å². The highest BCUT2D eigenvalue weighted by Gasteiger charge is 2.22. The Balaban J connectivity index is 1.42. The highest BCUT2D eigenvalue weighted by Crippen LogP contribution is 2.32. The molecule has 4 nitrogen and oxygen atoms in total. The van der Waals surface area contributed by atoms with Gasteiger partial charge in [0.2, 0.25) is 5.95 Å². The lowest BCUT2D eigenvalue weighted by atomic mass is 10.1. The number of para-hydroxylation sites is 1. The van der Waals surface area contributed by atoms with E-state index in [-0.39, 0.29) is 0 Å². The summed E-state index contributed by atoms with van der Waals surface area (Å²) in [4.78, 5) is 11.6. The molecule has 0 saturated carbocycles. The van der Waals surface area contributed by atoms with Crippen LogP contribution in [0.2, 0.25) is 0 Å². The molecule has 2 aromatic carbocycles. The second-order valence-electron chi connectivity index (χ2n) is 6.74. The molecule has 0 amide bonds. The zero-order valence-electron chi connectivity index (χ0n) is 15.2. The number of hydrogen-bond acceptors (Lipinski definition) is 4. The Morgan fingerprint density at radius 3 is 2.69 bits per heavy atom. The van der Waals surface area contributed by atoms with Crippen molar-refractivity contribution >= 4 is 17.5 Å². The van der Waals surface area contributed by atoms with Gasteiger partial charge in [-0.25, -0.2) is 4.98 Å². The maximum Gasteiger partial charge on any atom is 0.232 e. The van der Waals surface area contributed by atoms with Crippen molar-refractivity contribution < 1.29 is 0 Å². The van der Waals surface area contributed by atoms with Crippen molar-refractivity contribution in [3.8, 4) is 0 Å². The van der Waals surface area contributed by atoms with E-state index in [0.717, 1.165) is 49.8 Å². The standard InChI is InChI=1S/C22H24N4/c1-17-16-21(23-14-7-10-18-8-3-2-4-9-18)25-22(24-17)26-15-13-19-11-5-6-12-20(19)26/h2-6,8-9,11-12,16H,7,10,13-15H2,1H3,(H,23,24,25). The fraction of sp³-hybridized carbons (Fsp3) is 0.273. The first-order chi connectivity index (χ1) is 12.8. The Labute approximate surface area is 154 Å². The molecular weight excluding hydrogens is 320 g/mol. The van der Waals surface area contributed by atoms with Crippen molar-refractivity contribution in [1.82, 2.24) is 9.97 Å². The predicted octanol–water partition coefficient (Wildman–Crippen LogP) is 4.52. The molecule has 4 rings (SSSR count). The van der Waals surface area contributed by atoms with Gasteiger partial charge >= 0.3 is 0 Å². The average molecular weight is 344 g/mol. The van der Waals surface area contributed by atoms with E-state index >= 15 is 0 Å². The monoisotopic (exact) mass is 344 g/mol. The first kappa shape index (κ1) is 16.6. The summed E-state index contributed by atoms with van der Waals surface area (Å²) in [6, 6.07) is 21.1. The highest BCUT2D eigenvalue weighted by molar-refractivity contribution is 5.66. The van der Waals surface area contributed by atoms with E-state index in [1.54, 1.807) is 0 Å². The lowest BCUT2D eigenvalue weighted by Gasteiger charge is -2.18. The third-order valence-corrected chi connectivity index (χ3v) is 4.76. The summed E-state index contributed by atoms with van der Waals surface area (Å²) in [5, 5.41) is 3.47. The molecule has 0 atom stereocenters. The van der Waals surface area contributed by atoms with Gasteiger partial charge in [0.25, 0.3) is 0 Å². The van der Waals surface area contributed by atoms with Crippen molar-refractivity contribution in [3.05, 3.63) is 77.5 Å². The van der Waals surface area contributed by atoms with Gasteiger partial charge < -0.3 is 10.2 Å². The molecule has 1 aliphatic heterocycles. The van der Waals surface area contributed by atoms with Gasteiger partial charge in [0.1, 0.15) is 5.82 Å². The molecule has 0 aliphatic carbocycles. The normalized spacial score (nSPS) is 12.9. The van der Waals surface area contributed by atoms with Crippen molar-refractivity contribution in [2.24, 2.45) is 0 Å². The van der Waals surface area contributed by atoms with Gasteiger partial charge in [0.15, 0.2) is 0 Å². The molecule has 1 aliphatic rings. The van der Waals surface area contributed by atoms with Crippen LogP contribution >= 0.6 is 0 Å². The largest absolute Gasteiger partial charge is 0.370 e. The van der Waals surface area contributed by atoms with Crippen LogP contribution in [0.4, 0.5) is 17.5 Å². The van der Waals surface area contributed by atoms with Gasteiger partial charge in [0, 0.05) is 30.5 Å². The number of nitrogens with zero attached hydrogens (tertiary/aromatic N) is 3. The molecule has 0 bridgehead atoms. The summed E-state index contributed by atoms with van der Waals surface area (Å²) in [6.45, 7) is 3.87. The minimum absolute atomic E-state index is 0.792. The lowest BCUT2D eigenvalue weighted by molar-refractivity contribution is 0.854. The van der Waals surface area contributed by atoms with E-state index in [1.807, 2.05) is 13.0 Å². The van der Waals surface area contributed by atoms with Gasteiger partial charge in [-0.3, -0.25) is 0 Å². The van der Waals surface area contributed by atoms with Gasteiger partial charge in [-0.2, -0.15) is 4.98 Å². The molecule has 0 spiro atoms. The number of benzene rings is 2. The average Bonchev–Trinajstić information content (AvgIpc) is 3.10. The summed E-state index contributed by atoms with van der Waals surface area (Å²) in [5.41, 5.74) is 4.97. The predicted molar refractivity (Wildman–Crippen MR) is 107 cm³/mol. The fourth-order valence-electron chi connectivity index (χ4n) is 3.46. The number of aromatic nitrogens is 2. The number of aryl methyl sites for hydroxylation is 2. The lowest BCUT2D eigenvalue weighted by Crippen LogP contribution is -2.18. The minimum atomic E-state index is 0.792. The first-order valence-electron chi connectivity index (χ1n) is 9.28. The summed E-state index contributed by atoms with van der Waals surface area (Å²) in [7, 11) is 0. The number of nitrogens with one attached hydrogen (secondary N) is 1. The van der Waals surface area contributed by atoms with Gasteiger partial charge in [-0.15, -0.1) is 0 Å². The Hall–Kier alpha value is -2.88. The van der Waals surface area contributed by atoms with Crippen molar-refractivity contribution in [2.45, 2.75) is 26.2 Å². The van der Waals surface area contributed by atoms with Crippen LogP contribution in [0.5, 0.6) is 0 Å². The second-order valence-corrected chi connectivity index (χ2v) is 6.74. The number of anilines is 3. The molecule has 0 saturated heterocycles. The third-order valence-electron chi connectivity index (χ3n) is 4.76. The molecule has 4 heteroatoms. The Kier molecular flexibility index (Phi) is 4.82. The SMILES string of the molecule is Cc1cc(NCCCc2ccccc2)nc(N2CCc3ccccc32)n1. The summed E-state index contributed by atoms with van der Waals surface area (Å²) >= 11 is 0. The molecule has 3 aromatic rings. The van der Waals surface area contributed by atoms with E-state index < -0.39 is 0 Å². The molecule has 0 radical (unpaired) electrons. The van der Waals surface area contributed by atoms with Crippen molar-refractivity contribution in [1.29, 1.82) is 0 Å². The summed E-state index contributed by atoms with van der Waals surface area (Å²) < 4.78 is 0. The van der Waals surface area contributed by atoms with Crippen LogP contribution in [0.15, 0.2) is 60.7 Å². The van der Waals surface area contributed by atoms with E-state index in [9.17, 15) is 0 Å². The van der Waals surface area contributed by atoms with E-state index in [1.165, 1.54) is 16.8 Å². The molecule has 1 aromatic heterocycles. The molecule has 0 unspecified atom stereocenters. The molecule has 26 heavy (non-hydrogen) atoms. The molecular formula is C22H24N4. The van der Waals surface area contributed by atoms with Crippen LogP contribution in [-0.4, -0.2) is 23.1 Å². The van der Waals surface area contributed by atoms with E-state index in [2.05, 4.69) is 69.8 Å². The summed E-state index contributed by atoms with van der Waals surface area (Å²) in [6.07, 6.45) is 3.20. The Bertz CT molecular complexity index is 876. The zero-order valence-corrected chi connectivity index (χ0v) is 15.2. The molecule has 2 heterocycles. The fourth-order valence-corrected chi connectivity index (χ4v) is 3.46. The Morgan fingerprint density at radius 1 is 1.00 bits per heavy atom. The first-order valence-corrected chi connectivity index (χ1v) is 9.28. The quantitative estimate of drug-likeness (QED) is 0.667. The number of hydrogen-bond donors (Lipinski definition) is 1. The second kappa shape index (κ2) is 7.56. The van der Waals surface area contributed by atoms with E-state index in [0.29, 0.717) is 0 Å². The van der Waals surface area contributed by atoms with Crippen molar-refractivity contribution in [2.75, 3.05) is 23.3 Å². The van der Waals surface area contributed by atoms with Crippen LogP contribution in [0.3, 0.4) is 0 Å². The Morgan fingerprint density at radius 2 is 1.81 bits per heavy atom. The number of fused-ring (bicyclic) bond motifs is 1. The van der Waals surface area contributed by atoms with Gasteiger partial charge in [-0.05, 0) is 43.4 Å². The molecule has 132 valence electrons. The van der Waals surface area contributed by atoms with Gasteiger partial charge in [0.05, 0.1) is 0 Å².